The standard InChI is InChI=1S/C14H19FN2S/c1-9-4-5-12(8-13(9)15)11(3)17-14-16-10(2)6-7-18-14/h4-5,8,10-11H,6-7H2,1-3H3,(H,16,17). The summed E-state index contributed by atoms with van der Waals surface area (Å²) >= 11 is 1.74. The van der Waals surface area contributed by atoms with E-state index < -0.39 is 0 Å². The first-order chi connectivity index (χ1) is 8.56. The van der Waals surface area contributed by atoms with Gasteiger partial charge in [0.25, 0.3) is 0 Å². The number of nitrogens with one attached hydrogen (secondary N) is 1. The molecule has 0 saturated heterocycles. The van der Waals surface area contributed by atoms with E-state index in [-0.39, 0.29) is 11.9 Å². The van der Waals surface area contributed by atoms with Crippen LogP contribution in [0.2, 0.25) is 0 Å². The third kappa shape index (κ3) is 3.25. The van der Waals surface area contributed by atoms with Crippen molar-refractivity contribution < 1.29 is 4.39 Å². The summed E-state index contributed by atoms with van der Waals surface area (Å²) in [7, 11) is 0. The van der Waals surface area contributed by atoms with Gasteiger partial charge in [0, 0.05) is 5.75 Å². The van der Waals surface area contributed by atoms with Gasteiger partial charge in [0.2, 0.25) is 0 Å². The summed E-state index contributed by atoms with van der Waals surface area (Å²) < 4.78 is 13.5. The molecule has 18 heavy (non-hydrogen) atoms. The summed E-state index contributed by atoms with van der Waals surface area (Å²) in [4.78, 5) is 4.56. The van der Waals surface area contributed by atoms with Crippen molar-refractivity contribution in [3.05, 3.63) is 35.1 Å². The molecule has 1 N–H and O–H groups in total. The van der Waals surface area contributed by atoms with Crippen LogP contribution in [0.3, 0.4) is 0 Å². The van der Waals surface area contributed by atoms with Gasteiger partial charge in [-0.05, 0) is 44.4 Å². The van der Waals surface area contributed by atoms with Gasteiger partial charge in [0.1, 0.15) is 5.82 Å². The Hall–Kier alpha value is -1.03. The van der Waals surface area contributed by atoms with Crippen molar-refractivity contribution >= 4 is 16.9 Å². The van der Waals surface area contributed by atoms with E-state index >= 15 is 0 Å². The Bertz CT molecular complexity index is 459. The zero-order valence-corrected chi connectivity index (χ0v) is 11.9. The fourth-order valence-corrected chi connectivity index (χ4v) is 3.02. The van der Waals surface area contributed by atoms with Crippen LogP contribution in [0.1, 0.15) is 37.4 Å². The lowest BCUT2D eigenvalue weighted by Crippen LogP contribution is -2.28. The fourth-order valence-electron chi connectivity index (χ4n) is 1.85. The molecule has 0 bridgehead atoms. The van der Waals surface area contributed by atoms with E-state index in [9.17, 15) is 4.39 Å². The molecule has 1 aromatic rings. The number of amidine groups is 1. The molecule has 2 unspecified atom stereocenters. The highest BCUT2D eigenvalue weighted by Gasteiger charge is 2.15. The number of aliphatic imine (C=N–C) groups is 1. The molecule has 2 atom stereocenters. The average Bonchev–Trinajstić information content (AvgIpc) is 2.32. The minimum atomic E-state index is -0.146. The number of thioether (sulfide) groups is 1. The maximum absolute atomic E-state index is 13.5. The van der Waals surface area contributed by atoms with E-state index in [1.54, 1.807) is 24.8 Å². The highest BCUT2D eigenvalue weighted by atomic mass is 32.2. The van der Waals surface area contributed by atoms with Crippen LogP contribution in [-0.4, -0.2) is 17.0 Å². The zero-order chi connectivity index (χ0) is 13.1. The lowest BCUT2D eigenvalue weighted by molar-refractivity contribution is 0.609. The second kappa shape index (κ2) is 5.74. The molecular weight excluding hydrogens is 247 g/mol. The van der Waals surface area contributed by atoms with Crippen LogP contribution in [0.4, 0.5) is 4.39 Å². The maximum atomic E-state index is 13.5. The normalized spacial score (nSPS) is 21.3. The summed E-state index contributed by atoms with van der Waals surface area (Å²) in [5.41, 5.74) is 1.64. The minimum Gasteiger partial charge on any atom is -0.358 e. The molecule has 0 aliphatic carbocycles. The average molecular weight is 266 g/mol. The smallest absolute Gasteiger partial charge is 0.157 e. The third-order valence-corrected chi connectivity index (χ3v) is 4.08. The minimum absolute atomic E-state index is 0.0802. The zero-order valence-electron chi connectivity index (χ0n) is 11.0. The van der Waals surface area contributed by atoms with Crippen molar-refractivity contribution in [2.75, 3.05) is 5.75 Å². The lowest BCUT2D eigenvalue weighted by atomic mass is 10.1. The van der Waals surface area contributed by atoms with E-state index in [0.717, 1.165) is 22.9 Å². The van der Waals surface area contributed by atoms with Crippen LogP contribution in [-0.2, 0) is 0 Å². The SMILES string of the molecule is Cc1ccc(C(C)NC2=NC(C)CCS2)cc1F. The van der Waals surface area contributed by atoms with Crippen LogP contribution < -0.4 is 5.32 Å². The first-order valence-electron chi connectivity index (χ1n) is 6.29. The van der Waals surface area contributed by atoms with Gasteiger partial charge >= 0.3 is 0 Å². The molecule has 1 aliphatic heterocycles. The molecule has 98 valence electrons. The van der Waals surface area contributed by atoms with Crippen molar-refractivity contribution in [2.24, 2.45) is 4.99 Å². The molecule has 0 amide bonds. The number of halogens is 1. The summed E-state index contributed by atoms with van der Waals surface area (Å²) in [6, 6.07) is 5.85. The monoisotopic (exact) mass is 266 g/mol. The highest BCUT2D eigenvalue weighted by Crippen LogP contribution is 2.20. The quantitative estimate of drug-likeness (QED) is 0.883. The summed E-state index contributed by atoms with van der Waals surface area (Å²) in [5, 5.41) is 4.33. The third-order valence-electron chi connectivity index (χ3n) is 3.15. The van der Waals surface area contributed by atoms with Crippen molar-refractivity contribution in [1.29, 1.82) is 0 Å². The number of aryl methyl sites for hydroxylation is 1. The van der Waals surface area contributed by atoms with Crippen LogP contribution in [0.5, 0.6) is 0 Å². The maximum Gasteiger partial charge on any atom is 0.157 e. The predicted molar refractivity (Wildman–Crippen MR) is 76.7 cm³/mol. The Labute approximate surface area is 112 Å². The van der Waals surface area contributed by atoms with Crippen molar-refractivity contribution in [3.63, 3.8) is 0 Å². The van der Waals surface area contributed by atoms with Crippen LogP contribution >= 0.6 is 11.8 Å². The summed E-state index contributed by atoms with van der Waals surface area (Å²) in [6.45, 7) is 5.93. The summed E-state index contributed by atoms with van der Waals surface area (Å²) in [6.07, 6.45) is 1.13. The van der Waals surface area contributed by atoms with Crippen molar-refractivity contribution in [3.8, 4) is 0 Å². The molecule has 4 heteroatoms. The molecule has 1 heterocycles. The van der Waals surface area contributed by atoms with Crippen molar-refractivity contribution in [2.45, 2.75) is 39.3 Å². The summed E-state index contributed by atoms with van der Waals surface area (Å²) in [5.74, 6) is 0.954. The molecule has 0 spiro atoms. The Balaban J connectivity index is 2.07. The Morgan fingerprint density at radius 3 is 2.94 bits per heavy atom. The number of rotatable bonds is 2. The second-order valence-corrected chi connectivity index (χ2v) is 5.88. The molecule has 2 rings (SSSR count). The van der Waals surface area contributed by atoms with E-state index in [1.165, 1.54) is 0 Å². The molecule has 1 aliphatic rings. The second-order valence-electron chi connectivity index (χ2n) is 4.80. The first-order valence-corrected chi connectivity index (χ1v) is 7.28. The number of benzene rings is 1. The Morgan fingerprint density at radius 2 is 2.28 bits per heavy atom. The van der Waals surface area contributed by atoms with Gasteiger partial charge in [0.05, 0.1) is 12.1 Å². The van der Waals surface area contributed by atoms with E-state index in [1.807, 2.05) is 19.1 Å². The lowest BCUT2D eigenvalue weighted by Gasteiger charge is -2.22. The van der Waals surface area contributed by atoms with Gasteiger partial charge in [-0.1, -0.05) is 23.9 Å². The van der Waals surface area contributed by atoms with Gasteiger partial charge in [-0.3, -0.25) is 4.99 Å². The van der Waals surface area contributed by atoms with Gasteiger partial charge in [-0.2, -0.15) is 0 Å². The predicted octanol–water partition coefficient (Wildman–Crippen LogP) is 3.67. The van der Waals surface area contributed by atoms with E-state index in [4.69, 9.17) is 0 Å². The molecule has 0 aromatic heterocycles. The molecule has 0 fully saturated rings. The van der Waals surface area contributed by atoms with E-state index in [2.05, 4.69) is 17.2 Å². The van der Waals surface area contributed by atoms with Gasteiger partial charge in [0.15, 0.2) is 5.17 Å². The molecular formula is C14H19FN2S. The largest absolute Gasteiger partial charge is 0.358 e. The highest BCUT2D eigenvalue weighted by molar-refractivity contribution is 8.13. The molecule has 1 aromatic carbocycles. The van der Waals surface area contributed by atoms with Crippen LogP contribution in [0.15, 0.2) is 23.2 Å². The number of hydrogen-bond acceptors (Lipinski definition) is 3. The van der Waals surface area contributed by atoms with E-state index in [0.29, 0.717) is 11.6 Å². The van der Waals surface area contributed by atoms with Gasteiger partial charge in [-0.25, -0.2) is 4.39 Å². The number of hydrogen-bond donors (Lipinski definition) is 1. The van der Waals surface area contributed by atoms with Gasteiger partial charge in [-0.15, -0.1) is 0 Å². The topological polar surface area (TPSA) is 24.4 Å². The first kappa shape index (κ1) is 13.4. The van der Waals surface area contributed by atoms with Crippen LogP contribution in [0.25, 0.3) is 0 Å². The molecule has 0 saturated carbocycles. The van der Waals surface area contributed by atoms with Crippen LogP contribution in [0, 0.1) is 12.7 Å². The van der Waals surface area contributed by atoms with Crippen molar-refractivity contribution in [1.82, 2.24) is 5.32 Å². The fraction of sp³-hybridized carbons (Fsp3) is 0.500. The Kier molecular flexibility index (Phi) is 4.27. The molecule has 2 nitrogen and oxygen atoms in total. The number of nitrogens with zero attached hydrogens (tertiary/aromatic N) is 1. The molecule has 0 radical (unpaired) electrons. The van der Waals surface area contributed by atoms with Gasteiger partial charge < -0.3 is 5.32 Å². The Morgan fingerprint density at radius 1 is 1.50 bits per heavy atom.